The zero-order chi connectivity index (χ0) is 15.8. The van der Waals surface area contributed by atoms with E-state index in [1.54, 1.807) is 7.05 Å². The Labute approximate surface area is 130 Å². The highest BCUT2D eigenvalue weighted by molar-refractivity contribution is 5.77. The van der Waals surface area contributed by atoms with E-state index in [0.717, 1.165) is 30.0 Å². The number of nitrogens with one attached hydrogen (secondary N) is 2. The third kappa shape index (κ3) is 4.89. The van der Waals surface area contributed by atoms with Gasteiger partial charge in [0.2, 0.25) is 0 Å². The Hall–Kier alpha value is -2.34. The summed E-state index contributed by atoms with van der Waals surface area (Å²) in [5.41, 5.74) is 2.19. The number of likely N-dealkylation sites (N-methyl/N-ethyl adjacent to an activating group) is 1. The van der Waals surface area contributed by atoms with Gasteiger partial charge in [-0.2, -0.15) is 5.10 Å². The molecule has 2 N–H and O–H groups in total. The molecule has 0 saturated heterocycles. The van der Waals surface area contributed by atoms with Gasteiger partial charge in [0.25, 0.3) is 5.91 Å². The summed E-state index contributed by atoms with van der Waals surface area (Å²) in [6.45, 7) is 4.36. The van der Waals surface area contributed by atoms with E-state index in [1.807, 2.05) is 48.3 Å². The van der Waals surface area contributed by atoms with Crippen LogP contribution in [0.3, 0.4) is 0 Å². The van der Waals surface area contributed by atoms with Gasteiger partial charge in [0.05, 0.1) is 12.7 Å². The van der Waals surface area contributed by atoms with Crippen molar-refractivity contribution in [1.29, 1.82) is 0 Å². The molecule has 1 amide bonds. The minimum atomic E-state index is -0.142. The Morgan fingerprint density at radius 1 is 1.36 bits per heavy atom. The van der Waals surface area contributed by atoms with Crippen LogP contribution in [0.2, 0.25) is 0 Å². The van der Waals surface area contributed by atoms with Crippen molar-refractivity contribution in [2.75, 3.05) is 20.2 Å². The Bertz CT molecular complexity index is 610. The van der Waals surface area contributed by atoms with Gasteiger partial charge in [0.1, 0.15) is 5.75 Å². The van der Waals surface area contributed by atoms with E-state index in [9.17, 15) is 4.79 Å². The van der Waals surface area contributed by atoms with Crippen LogP contribution in [0.15, 0.2) is 36.7 Å². The van der Waals surface area contributed by atoms with Crippen molar-refractivity contribution in [3.8, 4) is 5.75 Å². The fourth-order valence-corrected chi connectivity index (χ4v) is 2.01. The van der Waals surface area contributed by atoms with E-state index < -0.39 is 0 Å². The summed E-state index contributed by atoms with van der Waals surface area (Å²) in [7, 11) is 1.59. The SMILES string of the molecule is CNC(=O)COc1ccccc1CNCCn1cc(C)cn1. The van der Waals surface area contributed by atoms with Crippen molar-refractivity contribution in [3.63, 3.8) is 0 Å². The minimum Gasteiger partial charge on any atom is -0.483 e. The lowest BCUT2D eigenvalue weighted by atomic mass is 10.2. The second-order valence-corrected chi connectivity index (χ2v) is 5.03. The van der Waals surface area contributed by atoms with Crippen LogP contribution >= 0.6 is 0 Å². The van der Waals surface area contributed by atoms with Crippen LogP contribution < -0.4 is 15.4 Å². The van der Waals surface area contributed by atoms with Crippen molar-refractivity contribution in [3.05, 3.63) is 47.8 Å². The van der Waals surface area contributed by atoms with E-state index in [1.165, 1.54) is 0 Å². The monoisotopic (exact) mass is 302 g/mol. The van der Waals surface area contributed by atoms with Gasteiger partial charge < -0.3 is 15.4 Å². The fraction of sp³-hybridized carbons (Fsp3) is 0.375. The van der Waals surface area contributed by atoms with E-state index in [2.05, 4.69) is 15.7 Å². The molecule has 22 heavy (non-hydrogen) atoms. The maximum absolute atomic E-state index is 11.3. The number of aromatic nitrogens is 2. The molecule has 0 unspecified atom stereocenters. The zero-order valence-corrected chi connectivity index (χ0v) is 13.0. The van der Waals surface area contributed by atoms with Gasteiger partial charge in [-0.05, 0) is 18.6 Å². The third-order valence-corrected chi connectivity index (χ3v) is 3.21. The van der Waals surface area contributed by atoms with E-state index >= 15 is 0 Å². The highest BCUT2D eigenvalue weighted by Gasteiger charge is 2.05. The van der Waals surface area contributed by atoms with Gasteiger partial charge in [0.15, 0.2) is 6.61 Å². The van der Waals surface area contributed by atoms with Gasteiger partial charge in [-0.3, -0.25) is 9.48 Å². The number of rotatable bonds is 8. The summed E-state index contributed by atoms with van der Waals surface area (Å²) in [6, 6.07) is 7.72. The molecule has 0 aliphatic heterocycles. The molecule has 2 aromatic rings. The van der Waals surface area contributed by atoms with Gasteiger partial charge in [-0.15, -0.1) is 0 Å². The molecule has 6 nitrogen and oxygen atoms in total. The number of nitrogens with zero attached hydrogens (tertiary/aromatic N) is 2. The molecule has 0 aliphatic rings. The first-order chi connectivity index (χ1) is 10.7. The third-order valence-electron chi connectivity index (χ3n) is 3.21. The van der Waals surface area contributed by atoms with Crippen LogP contribution in [0.4, 0.5) is 0 Å². The smallest absolute Gasteiger partial charge is 0.257 e. The normalized spacial score (nSPS) is 10.5. The molecule has 0 radical (unpaired) electrons. The number of amides is 1. The number of para-hydroxylation sites is 1. The summed E-state index contributed by atoms with van der Waals surface area (Å²) in [6.07, 6.45) is 3.87. The standard InChI is InChI=1S/C16H22N4O2/c1-13-9-19-20(11-13)8-7-18-10-14-5-3-4-6-15(14)22-12-16(21)17-2/h3-6,9,11,18H,7-8,10,12H2,1-2H3,(H,17,21). The van der Waals surface area contributed by atoms with Crippen molar-refractivity contribution in [2.24, 2.45) is 0 Å². The molecule has 2 rings (SSSR count). The predicted octanol–water partition coefficient (Wildman–Crippen LogP) is 1.11. The molecular formula is C16H22N4O2. The van der Waals surface area contributed by atoms with Gasteiger partial charge in [-0.25, -0.2) is 0 Å². The molecule has 0 fully saturated rings. The molecule has 0 aliphatic carbocycles. The lowest BCUT2D eigenvalue weighted by molar-refractivity contribution is -0.122. The molecule has 0 saturated carbocycles. The highest BCUT2D eigenvalue weighted by atomic mass is 16.5. The number of hydrogen-bond acceptors (Lipinski definition) is 4. The molecule has 0 atom stereocenters. The second-order valence-electron chi connectivity index (χ2n) is 5.03. The molecule has 0 bridgehead atoms. The zero-order valence-electron chi connectivity index (χ0n) is 13.0. The molecule has 118 valence electrons. The van der Waals surface area contributed by atoms with Crippen molar-refractivity contribution < 1.29 is 9.53 Å². The number of carbonyl (C=O) groups excluding carboxylic acids is 1. The molecule has 1 heterocycles. The molecule has 0 spiro atoms. The second kappa shape index (κ2) is 8.19. The largest absolute Gasteiger partial charge is 0.483 e. The first-order valence-corrected chi connectivity index (χ1v) is 7.30. The Kier molecular flexibility index (Phi) is 5.97. The minimum absolute atomic E-state index is 0.0279. The number of hydrogen-bond donors (Lipinski definition) is 2. The van der Waals surface area contributed by atoms with Crippen LogP contribution in [-0.4, -0.2) is 35.9 Å². The van der Waals surface area contributed by atoms with Crippen LogP contribution in [0.5, 0.6) is 5.75 Å². The van der Waals surface area contributed by atoms with E-state index in [0.29, 0.717) is 6.54 Å². The predicted molar refractivity (Wildman–Crippen MR) is 84.7 cm³/mol. The van der Waals surface area contributed by atoms with E-state index in [4.69, 9.17) is 4.74 Å². The molecular weight excluding hydrogens is 280 g/mol. The average molecular weight is 302 g/mol. The fourth-order valence-electron chi connectivity index (χ4n) is 2.01. The van der Waals surface area contributed by atoms with Crippen LogP contribution in [0.1, 0.15) is 11.1 Å². The molecule has 1 aromatic carbocycles. The van der Waals surface area contributed by atoms with Gasteiger partial charge in [0, 0.05) is 31.9 Å². The summed E-state index contributed by atoms with van der Waals surface area (Å²) >= 11 is 0. The number of aryl methyl sites for hydroxylation is 1. The van der Waals surface area contributed by atoms with Crippen LogP contribution in [0.25, 0.3) is 0 Å². The molecule has 6 heteroatoms. The van der Waals surface area contributed by atoms with Gasteiger partial charge in [-0.1, -0.05) is 18.2 Å². The summed E-state index contributed by atoms with van der Waals surface area (Å²) in [5.74, 6) is 0.588. The Balaban J connectivity index is 1.80. The lowest BCUT2D eigenvalue weighted by Gasteiger charge is -2.11. The lowest BCUT2D eigenvalue weighted by Crippen LogP contribution is -2.25. The summed E-state index contributed by atoms with van der Waals surface area (Å²) < 4.78 is 7.45. The van der Waals surface area contributed by atoms with Crippen LogP contribution in [0, 0.1) is 6.92 Å². The van der Waals surface area contributed by atoms with Crippen molar-refractivity contribution >= 4 is 5.91 Å². The van der Waals surface area contributed by atoms with Crippen molar-refractivity contribution in [2.45, 2.75) is 20.0 Å². The summed E-state index contributed by atoms with van der Waals surface area (Å²) in [4.78, 5) is 11.3. The van der Waals surface area contributed by atoms with Crippen molar-refractivity contribution in [1.82, 2.24) is 20.4 Å². The number of carbonyl (C=O) groups is 1. The highest BCUT2D eigenvalue weighted by Crippen LogP contribution is 2.17. The molecule has 1 aromatic heterocycles. The summed E-state index contributed by atoms with van der Waals surface area (Å²) in [5, 5.41) is 10.1. The first-order valence-electron chi connectivity index (χ1n) is 7.30. The maximum atomic E-state index is 11.3. The first kappa shape index (κ1) is 16.0. The van der Waals surface area contributed by atoms with E-state index in [-0.39, 0.29) is 12.5 Å². The average Bonchev–Trinajstić information content (AvgIpc) is 2.95. The Morgan fingerprint density at radius 2 is 2.18 bits per heavy atom. The maximum Gasteiger partial charge on any atom is 0.257 e. The van der Waals surface area contributed by atoms with Gasteiger partial charge >= 0.3 is 0 Å². The quantitative estimate of drug-likeness (QED) is 0.717. The topological polar surface area (TPSA) is 68.2 Å². The number of benzene rings is 1. The van der Waals surface area contributed by atoms with Crippen LogP contribution in [-0.2, 0) is 17.9 Å². The number of ether oxygens (including phenoxy) is 1. The Morgan fingerprint density at radius 3 is 2.91 bits per heavy atom.